The van der Waals surface area contributed by atoms with Gasteiger partial charge in [0.15, 0.2) is 11.0 Å². The van der Waals surface area contributed by atoms with Gasteiger partial charge in [-0.15, -0.1) is 10.2 Å². The van der Waals surface area contributed by atoms with Crippen molar-refractivity contribution in [3.05, 3.63) is 64.6 Å². The maximum absolute atomic E-state index is 11.6. The molecule has 0 unspecified atom stereocenters. The fourth-order valence-electron chi connectivity index (χ4n) is 3.17. The third kappa shape index (κ3) is 5.00. The fourth-order valence-corrected chi connectivity index (χ4v) is 4.36. The molecule has 1 saturated heterocycles. The van der Waals surface area contributed by atoms with Crippen LogP contribution >= 0.6 is 27.7 Å². The smallest absolute Gasteiger partial charge is 0.409 e. The van der Waals surface area contributed by atoms with Gasteiger partial charge in [-0.25, -0.2) is 4.79 Å². The summed E-state index contributed by atoms with van der Waals surface area (Å²) in [6.45, 7) is 2.56. The number of carbonyl (C=O) groups excluding carboxylic acids is 1. The largest absolute Gasteiger partial charge is 0.448 e. The summed E-state index contributed by atoms with van der Waals surface area (Å²) >= 11 is 5.11. The van der Waals surface area contributed by atoms with Gasteiger partial charge in [-0.1, -0.05) is 70.2 Å². The summed E-state index contributed by atoms with van der Waals surface area (Å²) in [7, 11) is 0. The third-order valence-corrected chi connectivity index (χ3v) is 6.20. The second-order valence-electron chi connectivity index (χ2n) is 6.65. The van der Waals surface area contributed by atoms with Gasteiger partial charge in [0, 0.05) is 28.9 Å². The first-order valence-corrected chi connectivity index (χ1v) is 11.3. The van der Waals surface area contributed by atoms with E-state index in [2.05, 4.69) is 55.0 Å². The van der Waals surface area contributed by atoms with Crippen LogP contribution in [-0.2, 0) is 17.7 Å². The molecule has 1 aliphatic heterocycles. The van der Waals surface area contributed by atoms with Gasteiger partial charge in [0.1, 0.15) is 6.61 Å². The summed E-state index contributed by atoms with van der Waals surface area (Å²) < 4.78 is 8.19. The molecule has 8 heteroatoms. The molecule has 6 nitrogen and oxygen atoms in total. The van der Waals surface area contributed by atoms with Crippen LogP contribution in [0.5, 0.6) is 0 Å². The van der Waals surface area contributed by atoms with Crippen molar-refractivity contribution < 1.29 is 9.53 Å². The Kier molecular flexibility index (Phi) is 6.51. The van der Waals surface area contributed by atoms with Crippen molar-refractivity contribution in [2.75, 3.05) is 25.4 Å². The van der Waals surface area contributed by atoms with E-state index in [4.69, 9.17) is 4.74 Å². The summed E-state index contributed by atoms with van der Waals surface area (Å²) in [4.78, 5) is 13.3. The fraction of sp³-hybridized carbons (Fsp3) is 0.286. The molecule has 0 N–H and O–H groups in total. The maximum Gasteiger partial charge on any atom is 0.409 e. The number of cyclic esters (lactones) is 1. The topological polar surface area (TPSA) is 60.2 Å². The van der Waals surface area contributed by atoms with E-state index in [1.165, 1.54) is 5.56 Å². The monoisotopic (exact) mass is 472 g/mol. The molecule has 0 atom stereocenters. The zero-order valence-electron chi connectivity index (χ0n) is 15.8. The van der Waals surface area contributed by atoms with E-state index < -0.39 is 0 Å². The maximum atomic E-state index is 11.6. The van der Waals surface area contributed by atoms with Gasteiger partial charge in [0.05, 0.1) is 6.54 Å². The highest BCUT2D eigenvalue weighted by Gasteiger charge is 2.22. The lowest BCUT2D eigenvalue weighted by atomic mass is 10.1. The van der Waals surface area contributed by atoms with Gasteiger partial charge < -0.3 is 14.2 Å². The Balaban J connectivity index is 1.51. The zero-order valence-corrected chi connectivity index (χ0v) is 18.2. The number of hydrogen-bond donors (Lipinski definition) is 0. The second-order valence-corrected chi connectivity index (χ2v) is 8.63. The van der Waals surface area contributed by atoms with Crippen LogP contribution in [-0.4, -0.2) is 51.2 Å². The summed E-state index contributed by atoms with van der Waals surface area (Å²) in [5, 5.41) is 9.77. The quantitative estimate of drug-likeness (QED) is 0.451. The van der Waals surface area contributed by atoms with Crippen LogP contribution in [0, 0.1) is 0 Å². The Morgan fingerprint density at radius 3 is 2.55 bits per heavy atom. The minimum atomic E-state index is -0.230. The zero-order chi connectivity index (χ0) is 20.1. The number of hydrogen-bond acceptors (Lipinski definition) is 5. The van der Waals surface area contributed by atoms with Gasteiger partial charge in [-0.3, -0.25) is 0 Å². The molecule has 1 fully saturated rings. The SMILES string of the molecule is O=C1OCCN1CCSc1nnc(-c2ccc(Br)cc2)n1CCc1ccccc1. The van der Waals surface area contributed by atoms with Gasteiger partial charge in [-0.05, 0) is 24.1 Å². The number of benzene rings is 2. The van der Waals surface area contributed by atoms with Crippen LogP contribution < -0.4 is 0 Å². The lowest BCUT2D eigenvalue weighted by Crippen LogP contribution is -2.26. The number of amides is 1. The average Bonchev–Trinajstić information content (AvgIpc) is 3.34. The van der Waals surface area contributed by atoms with Crippen LogP contribution in [0.2, 0.25) is 0 Å². The van der Waals surface area contributed by atoms with Gasteiger partial charge in [-0.2, -0.15) is 0 Å². The van der Waals surface area contributed by atoms with Crippen molar-refractivity contribution in [3.63, 3.8) is 0 Å². The predicted octanol–water partition coefficient (Wildman–Crippen LogP) is 4.49. The molecule has 0 saturated carbocycles. The molecule has 1 aliphatic rings. The van der Waals surface area contributed by atoms with Gasteiger partial charge in [0.2, 0.25) is 0 Å². The Hall–Kier alpha value is -2.32. The van der Waals surface area contributed by atoms with E-state index in [1.54, 1.807) is 16.7 Å². The first-order chi connectivity index (χ1) is 14.2. The van der Waals surface area contributed by atoms with E-state index in [-0.39, 0.29) is 6.09 Å². The molecule has 4 rings (SSSR count). The number of aromatic nitrogens is 3. The number of ether oxygens (including phenoxy) is 1. The standard InChI is InChI=1S/C21H21BrN4O2S/c22-18-8-6-17(7-9-18)19-23-24-20(29-15-13-25-12-14-28-21(25)27)26(19)11-10-16-4-2-1-3-5-16/h1-9H,10-15H2. The van der Waals surface area contributed by atoms with Gasteiger partial charge >= 0.3 is 6.09 Å². The molecule has 0 aliphatic carbocycles. The molecular formula is C21H21BrN4O2S. The molecule has 0 bridgehead atoms. The molecule has 29 heavy (non-hydrogen) atoms. The molecule has 3 aromatic rings. The van der Waals surface area contributed by atoms with Gasteiger partial charge in [0.25, 0.3) is 0 Å². The van der Waals surface area contributed by atoms with Crippen LogP contribution in [0.4, 0.5) is 4.79 Å². The van der Waals surface area contributed by atoms with E-state index in [0.717, 1.165) is 39.7 Å². The highest BCUT2D eigenvalue weighted by molar-refractivity contribution is 9.10. The van der Waals surface area contributed by atoms with Crippen molar-refractivity contribution in [3.8, 4) is 11.4 Å². The number of rotatable bonds is 8. The molecular weight excluding hydrogens is 452 g/mol. The first kappa shape index (κ1) is 20.0. The van der Waals surface area contributed by atoms with E-state index in [9.17, 15) is 4.79 Å². The number of nitrogens with zero attached hydrogens (tertiary/aromatic N) is 4. The van der Waals surface area contributed by atoms with Crippen LogP contribution in [0.1, 0.15) is 5.56 Å². The Morgan fingerprint density at radius 1 is 1.03 bits per heavy atom. The number of carbonyl (C=O) groups is 1. The highest BCUT2D eigenvalue weighted by atomic mass is 79.9. The lowest BCUT2D eigenvalue weighted by Gasteiger charge is -2.13. The summed E-state index contributed by atoms with van der Waals surface area (Å²) in [5.41, 5.74) is 2.31. The summed E-state index contributed by atoms with van der Waals surface area (Å²) in [6.07, 6.45) is 0.667. The van der Waals surface area contributed by atoms with Crippen molar-refractivity contribution >= 4 is 33.8 Å². The Bertz CT molecular complexity index is 963. The highest BCUT2D eigenvalue weighted by Crippen LogP contribution is 2.26. The molecule has 150 valence electrons. The van der Waals surface area contributed by atoms with Crippen molar-refractivity contribution in [1.82, 2.24) is 19.7 Å². The number of aryl methyl sites for hydroxylation is 1. The summed E-state index contributed by atoms with van der Waals surface area (Å²) in [6, 6.07) is 18.5. The Labute approximate surface area is 182 Å². The predicted molar refractivity (Wildman–Crippen MR) is 117 cm³/mol. The van der Waals surface area contributed by atoms with Crippen molar-refractivity contribution in [2.45, 2.75) is 18.1 Å². The van der Waals surface area contributed by atoms with Crippen LogP contribution in [0.15, 0.2) is 64.2 Å². The third-order valence-electron chi connectivity index (χ3n) is 4.72. The van der Waals surface area contributed by atoms with Crippen molar-refractivity contribution in [2.24, 2.45) is 0 Å². The molecule has 2 heterocycles. The normalized spacial score (nSPS) is 13.7. The van der Waals surface area contributed by atoms with Crippen LogP contribution in [0.25, 0.3) is 11.4 Å². The lowest BCUT2D eigenvalue weighted by molar-refractivity contribution is 0.160. The minimum Gasteiger partial charge on any atom is -0.448 e. The molecule has 0 radical (unpaired) electrons. The van der Waals surface area contributed by atoms with E-state index in [0.29, 0.717) is 19.7 Å². The molecule has 2 aromatic carbocycles. The van der Waals surface area contributed by atoms with Crippen LogP contribution in [0.3, 0.4) is 0 Å². The molecule has 0 spiro atoms. The summed E-state index contributed by atoms with van der Waals surface area (Å²) in [5.74, 6) is 1.61. The minimum absolute atomic E-state index is 0.230. The van der Waals surface area contributed by atoms with E-state index >= 15 is 0 Å². The Morgan fingerprint density at radius 2 is 1.83 bits per heavy atom. The molecule has 1 amide bonds. The van der Waals surface area contributed by atoms with E-state index in [1.807, 2.05) is 30.3 Å². The molecule has 1 aromatic heterocycles. The second kappa shape index (κ2) is 9.45. The average molecular weight is 473 g/mol. The number of halogens is 1. The first-order valence-electron chi connectivity index (χ1n) is 9.48. The van der Waals surface area contributed by atoms with Crippen molar-refractivity contribution in [1.29, 1.82) is 0 Å². The number of thioether (sulfide) groups is 1.